The predicted octanol–water partition coefficient (Wildman–Crippen LogP) is 1.62. The number of aromatic nitrogens is 2. The van der Waals surface area contributed by atoms with Crippen molar-refractivity contribution in [2.24, 2.45) is 0 Å². The van der Waals surface area contributed by atoms with E-state index in [0.29, 0.717) is 12.6 Å². The molecule has 2 aliphatic rings. The van der Waals surface area contributed by atoms with Gasteiger partial charge in [-0.15, -0.1) is 0 Å². The van der Waals surface area contributed by atoms with Gasteiger partial charge in [-0.1, -0.05) is 12.1 Å². The molecule has 0 spiro atoms. The molecule has 0 radical (unpaired) electrons. The van der Waals surface area contributed by atoms with Crippen LogP contribution in [0.25, 0.3) is 0 Å². The Labute approximate surface area is 122 Å². The van der Waals surface area contributed by atoms with Crippen LogP contribution in [-0.2, 0) is 13.1 Å². The fourth-order valence-corrected chi connectivity index (χ4v) is 2.83. The maximum Gasteiger partial charge on any atom is 0.318 e. The number of nitrogens with one attached hydrogen (secondary N) is 1. The molecule has 1 N–H and O–H groups in total. The lowest BCUT2D eigenvalue weighted by Crippen LogP contribution is -2.30. The molecule has 0 bridgehead atoms. The third kappa shape index (κ3) is 1.99. The number of hydrogen-bond donors (Lipinski definition) is 1. The van der Waals surface area contributed by atoms with Crippen LogP contribution in [-0.4, -0.2) is 30.2 Å². The lowest BCUT2D eigenvalue weighted by molar-refractivity contribution is 0.313. The SMILES string of the molecule is COc1nc2c(c(N3CCOc4ccccc43)n1)CNC2. The second-order valence-electron chi connectivity index (χ2n) is 5.03. The van der Waals surface area contributed by atoms with E-state index in [1.807, 2.05) is 18.2 Å². The summed E-state index contributed by atoms with van der Waals surface area (Å²) in [5, 5.41) is 3.33. The Bertz CT molecular complexity index is 689. The second kappa shape index (κ2) is 4.89. The van der Waals surface area contributed by atoms with Gasteiger partial charge in [0, 0.05) is 18.7 Å². The summed E-state index contributed by atoms with van der Waals surface area (Å²) >= 11 is 0. The van der Waals surface area contributed by atoms with E-state index < -0.39 is 0 Å². The van der Waals surface area contributed by atoms with E-state index in [0.717, 1.165) is 48.1 Å². The monoisotopic (exact) mass is 284 g/mol. The second-order valence-corrected chi connectivity index (χ2v) is 5.03. The third-order valence-electron chi connectivity index (χ3n) is 3.81. The summed E-state index contributed by atoms with van der Waals surface area (Å²) in [5.41, 5.74) is 3.20. The molecule has 0 saturated carbocycles. The standard InChI is InChI=1S/C15H16N4O2/c1-20-15-17-11-9-16-8-10(11)14(18-15)19-6-7-21-13-5-3-2-4-12(13)19/h2-5,16H,6-9H2,1H3. The molecule has 0 atom stereocenters. The highest BCUT2D eigenvalue weighted by atomic mass is 16.5. The number of ether oxygens (including phenoxy) is 2. The first-order valence-electron chi connectivity index (χ1n) is 7.00. The van der Waals surface area contributed by atoms with Crippen molar-refractivity contribution in [3.63, 3.8) is 0 Å². The van der Waals surface area contributed by atoms with Gasteiger partial charge < -0.3 is 19.7 Å². The first-order chi connectivity index (χ1) is 10.4. The molecular formula is C15H16N4O2. The number of para-hydroxylation sites is 2. The van der Waals surface area contributed by atoms with E-state index in [4.69, 9.17) is 9.47 Å². The van der Waals surface area contributed by atoms with Crippen LogP contribution >= 0.6 is 0 Å². The van der Waals surface area contributed by atoms with E-state index >= 15 is 0 Å². The molecular weight excluding hydrogens is 268 g/mol. The number of fused-ring (bicyclic) bond motifs is 2. The van der Waals surface area contributed by atoms with Gasteiger partial charge in [0.1, 0.15) is 18.2 Å². The molecule has 4 rings (SSSR count). The minimum absolute atomic E-state index is 0.413. The average Bonchev–Trinajstić information content (AvgIpc) is 3.02. The molecule has 2 aromatic rings. The van der Waals surface area contributed by atoms with Gasteiger partial charge in [0.2, 0.25) is 0 Å². The van der Waals surface area contributed by atoms with Crippen LogP contribution < -0.4 is 19.7 Å². The van der Waals surface area contributed by atoms with Gasteiger partial charge in [-0.2, -0.15) is 9.97 Å². The fourth-order valence-electron chi connectivity index (χ4n) is 2.83. The van der Waals surface area contributed by atoms with Crippen LogP contribution in [0.15, 0.2) is 24.3 Å². The molecule has 2 aliphatic heterocycles. The van der Waals surface area contributed by atoms with Crippen molar-refractivity contribution >= 4 is 11.5 Å². The summed E-state index contributed by atoms with van der Waals surface area (Å²) in [6.45, 7) is 2.95. The lowest BCUT2D eigenvalue weighted by atomic mass is 10.2. The zero-order chi connectivity index (χ0) is 14.2. The fraction of sp³-hybridized carbons (Fsp3) is 0.333. The average molecular weight is 284 g/mol. The molecule has 1 aromatic carbocycles. The van der Waals surface area contributed by atoms with Crippen molar-refractivity contribution in [1.82, 2.24) is 15.3 Å². The van der Waals surface area contributed by atoms with Gasteiger partial charge in [0.15, 0.2) is 0 Å². The number of anilines is 2. The van der Waals surface area contributed by atoms with Gasteiger partial charge in [-0.05, 0) is 12.1 Å². The van der Waals surface area contributed by atoms with Crippen molar-refractivity contribution in [3.8, 4) is 11.8 Å². The molecule has 0 fully saturated rings. The quantitative estimate of drug-likeness (QED) is 0.904. The Balaban J connectivity index is 1.86. The maximum atomic E-state index is 5.72. The largest absolute Gasteiger partial charge is 0.490 e. The summed E-state index contributed by atoms with van der Waals surface area (Å²) in [4.78, 5) is 11.2. The van der Waals surface area contributed by atoms with Crippen LogP contribution in [0.2, 0.25) is 0 Å². The molecule has 108 valence electrons. The Morgan fingerprint density at radius 3 is 3.05 bits per heavy atom. The molecule has 3 heterocycles. The summed E-state index contributed by atoms with van der Waals surface area (Å²) in [6, 6.07) is 8.44. The van der Waals surface area contributed by atoms with Gasteiger partial charge in [-0.25, -0.2) is 0 Å². The van der Waals surface area contributed by atoms with Gasteiger partial charge in [0.25, 0.3) is 0 Å². The van der Waals surface area contributed by atoms with Gasteiger partial charge in [0.05, 0.1) is 25.0 Å². The first-order valence-corrected chi connectivity index (χ1v) is 7.00. The van der Waals surface area contributed by atoms with Crippen molar-refractivity contribution in [1.29, 1.82) is 0 Å². The topological polar surface area (TPSA) is 59.5 Å². The van der Waals surface area contributed by atoms with Crippen LogP contribution in [0, 0.1) is 0 Å². The molecule has 0 aliphatic carbocycles. The number of hydrogen-bond acceptors (Lipinski definition) is 6. The van der Waals surface area contributed by atoms with Crippen molar-refractivity contribution in [3.05, 3.63) is 35.5 Å². The van der Waals surface area contributed by atoms with E-state index in [1.165, 1.54) is 0 Å². The normalized spacial score (nSPS) is 16.1. The smallest absolute Gasteiger partial charge is 0.318 e. The van der Waals surface area contributed by atoms with E-state index in [1.54, 1.807) is 7.11 Å². The Hall–Kier alpha value is -2.34. The molecule has 6 nitrogen and oxygen atoms in total. The molecule has 0 saturated heterocycles. The van der Waals surface area contributed by atoms with E-state index in [9.17, 15) is 0 Å². The summed E-state index contributed by atoms with van der Waals surface area (Å²) in [7, 11) is 1.60. The number of methoxy groups -OCH3 is 1. The van der Waals surface area contributed by atoms with Crippen molar-refractivity contribution in [2.75, 3.05) is 25.2 Å². The third-order valence-corrected chi connectivity index (χ3v) is 3.81. The minimum atomic E-state index is 0.413. The summed E-state index contributed by atoms with van der Waals surface area (Å²) in [6.07, 6.45) is 0. The van der Waals surface area contributed by atoms with Gasteiger partial charge in [-0.3, -0.25) is 0 Å². The minimum Gasteiger partial charge on any atom is -0.490 e. The molecule has 6 heteroatoms. The number of benzene rings is 1. The maximum absolute atomic E-state index is 5.72. The highest BCUT2D eigenvalue weighted by Gasteiger charge is 2.27. The Morgan fingerprint density at radius 1 is 1.24 bits per heavy atom. The molecule has 0 amide bonds. The van der Waals surface area contributed by atoms with Crippen molar-refractivity contribution in [2.45, 2.75) is 13.1 Å². The van der Waals surface area contributed by atoms with Crippen LogP contribution in [0.3, 0.4) is 0 Å². The Kier molecular flexibility index (Phi) is 2.89. The number of nitrogens with zero attached hydrogens (tertiary/aromatic N) is 3. The first kappa shape index (κ1) is 12.4. The molecule has 21 heavy (non-hydrogen) atoms. The highest BCUT2D eigenvalue weighted by Crippen LogP contribution is 2.38. The zero-order valence-electron chi connectivity index (χ0n) is 11.8. The molecule has 1 aromatic heterocycles. The predicted molar refractivity (Wildman–Crippen MR) is 78.1 cm³/mol. The highest BCUT2D eigenvalue weighted by molar-refractivity contribution is 5.70. The van der Waals surface area contributed by atoms with E-state index in [-0.39, 0.29) is 0 Å². The zero-order valence-corrected chi connectivity index (χ0v) is 11.8. The number of rotatable bonds is 2. The van der Waals surface area contributed by atoms with Crippen LogP contribution in [0.5, 0.6) is 11.8 Å². The molecule has 0 unspecified atom stereocenters. The van der Waals surface area contributed by atoms with E-state index in [2.05, 4.69) is 26.3 Å². The van der Waals surface area contributed by atoms with Crippen LogP contribution in [0.4, 0.5) is 11.5 Å². The summed E-state index contributed by atoms with van der Waals surface area (Å²) < 4.78 is 11.0. The Morgan fingerprint density at radius 2 is 2.14 bits per heavy atom. The van der Waals surface area contributed by atoms with Crippen molar-refractivity contribution < 1.29 is 9.47 Å². The lowest BCUT2D eigenvalue weighted by Gasteiger charge is -2.31. The summed E-state index contributed by atoms with van der Waals surface area (Å²) in [5.74, 6) is 1.80. The van der Waals surface area contributed by atoms with Crippen LogP contribution in [0.1, 0.15) is 11.3 Å². The van der Waals surface area contributed by atoms with Gasteiger partial charge >= 0.3 is 6.01 Å².